The summed E-state index contributed by atoms with van der Waals surface area (Å²) in [6.45, 7) is 3.25. The highest BCUT2D eigenvalue weighted by Crippen LogP contribution is 2.18. The van der Waals surface area contributed by atoms with Crippen LogP contribution in [0.4, 0.5) is 5.69 Å². The minimum Gasteiger partial charge on any atom is -0.384 e. The highest BCUT2D eigenvalue weighted by atomic mass is 32.2. The Labute approximate surface area is 95.1 Å². The first-order valence-corrected chi connectivity index (χ1v) is 7.20. The lowest BCUT2D eigenvalue weighted by molar-refractivity contribution is 1.22. The molecule has 0 atom stereocenters. The molecule has 0 unspecified atom stereocenters. The van der Waals surface area contributed by atoms with Crippen LogP contribution in [-0.2, 0) is 0 Å². The van der Waals surface area contributed by atoms with E-state index in [1.54, 1.807) is 11.8 Å². The first-order valence-electron chi connectivity index (χ1n) is 4.82. The molecule has 0 saturated heterocycles. The van der Waals surface area contributed by atoms with Crippen LogP contribution < -0.4 is 5.32 Å². The van der Waals surface area contributed by atoms with Gasteiger partial charge in [0.2, 0.25) is 0 Å². The highest BCUT2D eigenvalue weighted by Gasteiger charge is 1.93. The molecule has 0 heterocycles. The molecule has 0 radical (unpaired) electrons. The molecule has 0 fully saturated rings. The SMILES string of the molecule is CCSCCNc1cccc(SC)c1. The molecule has 14 heavy (non-hydrogen) atoms. The van der Waals surface area contributed by atoms with E-state index in [9.17, 15) is 0 Å². The maximum absolute atomic E-state index is 3.42. The van der Waals surface area contributed by atoms with Crippen LogP contribution in [0.3, 0.4) is 0 Å². The van der Waals surface area contributed by atoms with Gasteiger partial charge in [-0.15, -0.1) is 11.8 Å². The molecule has 1 aromatic carbocycles. The average Bonchev–Trinajstić information content (AvgIpc) is 2.25. The van der Waals surface area contributed by atoms with Crippen molar-refractivity contribution in [3.63, 3.8) is 0 Å². The summed E-state index contributed by atoms with van der Waals surface area (Å²) in [6.07, 6.45) is 2.10. The summed E-state index contributed by atoms with van der Waals surface area (Å²) < 4.78 is 0. The van der Waals surface area contributed by atoms with E-state index < -0.39 is 0 Å². The highest BCUT2D eigenvalue weighted by molar-refractivity contribution is 7.99. The van der Waals surface area contributed by atoms with Gasteiger partial charge in [-0.2, -0.15) is 11.8 Å². The number of benzene rings is 1. The molecule has 0 aliphatic heterocycles. The number of rotatable bonds is 6. The van der Waals surface area contributed by atoms with Gasteiger partial charge in [-0.1, -0.05) is 13.0 Å². The van der Waals surface area contributed by atoms with Crippen molar-refractivity contribution in [3.8, 4) is 0 Å². The predicted molar refractivity (Wildman–Crippen MR) is 69.7 cm³/mol. The van der Waals surface area contributed by atoms with Crippen molar-refractivity contribution >= 4 is 29.2 Å². The summed E-state index contributed by atoms with van der Waals surface area (Å²) in [5.41, 5.74) is 1.23. The van der Waals surface area contributed by atoms with E-state index in [1.165, 1.54) is 22.1 Å². The summed E-state index contributed by atoms with van der Waals surface area (Å²) in [7, 11) is 0. The Morgan fingerprint density at radius 2 is 2.21 bits per heavy atom. The van der Waals surface area contributed by atoms with Crippen LogP contribution in [0.5, 0.6) is 0 Å². The van der Waals surface area contributed by atoms with Crippen molar-refractivity contribution in [2.24, 2.45) is 0 Å². The molecule has 0 bridgehead atoms. The molecule has 78 valence electrons. The Balaban J connectivity index is 2.34. The third kappa shape index (κ3) is 4.29. The lowest BCUT2D eigenvalue weighted by Crippen LogP contribution is -2.03. The van der Waals surface area contributed by atoms with Crippen molar-refractivity contribution < 1.29 is 0 Å². The lowest BCUT2D eigenvalue weighted by Gasteiger charge is -2.06. The van der Waals surface area contributed by atoms with Crippen molar-refractivity contribution in [3.05, 3.63) is 24.3 Å². The Hall–Kier alpha value is -0.280. The van der Waals surface area contributed by atoms with Gasteiger partial charge in [0.05, 0.1) is 0 Å². The quantitative estimate of drug-likeness (QED) is 0.589. The van der Waals surface area contributed by atoms with Crippen LogP contribution in [0, 0.1) is 0 Å². The molecule has 0 aliphatic carbocycles. The van der Waals surface area contributed by atoms with Crippen LogP contribution >= 0.6 is 23.5 Å². The molecule has 0 aliphatic rings. The van der Waals surface area contributed by atoms with Crippen LogP contribution in [0.1, 0.15) is 6.92 Å². The fourth-order valence-electron chi connectivity index (χ4n) is 1.14. The molecule has 1 aromatic rings. The standard InChI is InChI=1S/C11H17NS2/c1-3-14-8-7-12-10-5-4-6-11(9-10)13-2/h4-6,9,12H,3,7-8H2,1-2H3. The minimum atomic E-state index is 1.05. The molecule has 1 nitrogen and oxygen atoms in total. The predicted octanol–water partition coefficient (Wildman–Crippen LogP) is 3.57. The van der Waals surface area contributed by atoms with Gasteiger partial charge in [-0.05, 0) is 30.2 Å². The normalized spacial score (nSPS) is 10.1. The molecule has 0 amide bonds. The van der Waals surface area contributed by atoms with Gasteiger partial charge < -0.3 is 5.32 Å². The lowest BCUT2D eigenvalue weighted by atomic mass is 10.3. The molecule has 0 aromatic heterocycles. The molecular weight excluding hydrogens is 210 g/mol. The van der Waals surface area contributed by atoms with E-state index in [0.717, 1.165) is 6.54 Å². The average molecular weight is 227 g/mol. The topological polar surface area (TPSA) is 12.0 Å². The van der Waals surface area contributed by atoms with Crippen molar-refractivity contribution in [1.29, 1.82) is 0 Å². The van der Waals surface area contributed by atoms with Crippen LogP contribution in [0.2, 0.25) is 0 Å². The largest absolute Gasteiger partial charge is 0.384 e. The van der Waals surface area contributed by atoms with Gasteiger partial charge in [0.1, 0.15) is 0 Å². The molecule has 3 heteroatoms. The Bertz CT molecular complexity index is 263. The molecular formula is C11H17NS2. The van der Waals surface area contributed by atoms with Crippen LogP contribution in [0.15, 0.2) is 29.2 Å². The number of nitrogens with one attached hydrogen (secondary N) is 1. The molecule has 0 saturated carbocycles. The number of anilines is 1. The van der Waals surface area contributed by atoms with Gasteiger partial charge in [0.15, 0.2) is 0 Å². The number of hydrogen-bond donors (Lipinski definition) is 1. The summed E-state index contributed by atoms with van der Waals surface area (Å²) >= 11 is 3.75. The first-order chi connectivity index (χ1) is 6.86. The third-order valence-corrected chi connectivity index (χ3v) is 3.48. The fraction of sp³-hybridized carbons (Fsp3) is 0.455. The maximum Gasteiger partial charge on any atom is 0.0351 e. The van der Waals surface area contributed by atoms with Gasteiger partial charge in [-0.25, -0.2) is 0 Å². The zero-order chi connectivity index (χ0) is 10.2. The zero-order valence-electron chi connectivity index (χ0n) is 8.75. The number of thioether (sulfide) groups is 2. The van der Waals surface area contributed by atoms with Crippen LogP contribution in [0.25, 0.3) is 0 Å². The van der Waals surface area contributed by atoms with Gasteiger partial charge in [0.25, 0.3) is 0 Å². The van der Waals surface area contributed by atoms with Gasteiger partial charge in [-0.3, -0.25) is 0 Å². The summed E-state index contributed by atoms with van der Waals surface area (Å²) in [4.78, 5) is 1.32. The molecule has 0 spiro atoms. The summed E-state index contributed by atoms with van der Waals surface area (Å²) in [6, 6.07) is 8.55. The second-order valence-corrected chi connectivity index (χ2v) is 5.13. The maximum atomic E-state index is 3.42. The van der Waals surface area contributed by atoms with Crippen molar-refractivity contribution in [2.75, 3.05) is 29.6 Å². The van der Waals surface area contributed by atoms with Crippen molar-refractivity contribution in [1.82, 2.24) is 0 Å². The van der Waals surface area contributed by atoms with Gasteiger partial charge >= 0.3 is 0 Å². The van der Waals surface area contributed by atoms with E-state index in [0.29, 0.717) is 0 Å². The van der Waals surface area contributed by atoms with E-state index >= 15 is 0 Å². The Kier molecular flexibility index (Phi) is 5.96. The second kappa shape index (κ2) is 7.07. The number of hydrogen-bond acceptors (Lipinski definition) is 3. The molecule has 1 N–H and O–H groups in total. The first kappa shape index (κ1) is 11.8. The third-order valence-electron chi connectivity index (χ3n) is 1.85. The zero-order valence-corrected chi connectivity index (χ0v) is 10.4. The monoisotopic (exact) mass is 227 g/mol. The van der Waals surface area contributed by atoms with Gasteiger partial charge in [0, 0.05) is 22.9 Å². The molecule has 1 rings (SSSR count). The summed E-state index contributed by atoms with van der Waals surface area (Å²) in [5, 5.41) is 3.42. The fourth-order valence-corrected chi connectivity index (χ4v) is 2.14. The van der Waals surface area contributed by atoms with E-state index in [2.05, 4.69) is 42.8 Å². The minimum absolute atomic E-state index is 1.05. The van der Waals surface area contributed by atoms with E-state index in [1.807, 2.05) is 11.8 Å². The van der Waals surface area contributed by atoms with Crippen LogP contribution in [-0.4, -0.2) is 24.3 Å². The van der Waals surface area contributed by atoms with E-state index in [-0.39, 0.29) is 0 Å². The smallest absolute Gasteiger partial charge is 0.0351 e. The Morgan fingerprint density at radius 1 is 1.36 bits per heavy atom. The summed E-state index contributed by atoms with van der Waals surface area (Å²) in [5.74, 6) is 2.38. The second-order valence-electron chi connectivity index (χ2n) is 2.86. The van der Waals surface area contributed by atoms with Crippen molar-refractivity contribution in [2.45, 2.75) is 11.8 Å². The Morgan fingerprint density at radius 3 is 2.93 bits per heavy atom. The van der Waals surface area contributed by atoms with E-state index in [4.69, 9.17) is 0 Å².